The number of hydrogen-bond donors (Lipinski definition) is 1. The quantitative estimate of drug-likeness (QED) is 0.370. The van der Waals surface area contributed by atoms with E-state index in [0.717, 1.165) is 16.5 Å². The Labute approximate surface area is 195 Å². The third-order valence-electron chi connectivity index (χ3n) is 5.03. The zero-order valence-electron chi connectivity index (χ0n) is 18.6. The summed E-state index contributed by atoms with van der Waals surface area (Å²) in [4.78, 5) is 12.4. The standard InChI is InChI=1S/C24H24N4O4S/c1-28-22(14-32-19-9-8-16-6-4-5-7-17(16)12-19)26-27-24(28)33-15-23(29)25-20-11-10-18(30-2)13-21(20)31-3/h4-13H,14-15H2,1-3H3,(H,25,29). The number of ether oxygens (including phenoxy) is 3. The average molecular weight is 465 g/mol. The zero-order valence-corrected chi connectivity index (χ0v) is 19.4. The Bertz CT molecular complexity index is 1270. The molecule has 0 spiro atoms. The maximum Gasteiger partial charge on any atom is 0.234 e. The van der Waals surface area contributed by atoms with Crippen molar-refractivity contribution in [1.82, 2.24) is 14.8 Å². The normalized spacial score (nSPS) is 10.8. The van der Waals surface area contributed by atoms with Gasteiger partial charge >= 0.3 is 0 Å². The number of anilines is 1. The van der Waals surface area contributed by atoms with Crippen molar-refractivity contribution in [3.8, 4) is 17.2 Å². The van der Waals surface area contributed by atoms with Crippen molar-refractivity contribution in [1.29, 1.82) is 0 Å². The average Bonchev–Trinajstić information content (AvgIpc) is 3.20. The summed E-state index contributed by atoms with van der Waals surface area (Å²) in [6.07, 6.45) is 0. The molecule has 33 heavy (non-hydrogen) atoms. The fraction of sp³-hybridized carbons (Fsp3) is 0.208. The topological polar surface area (TPSA) is 87.5 Å². The van der Waals surface area contributed by atoms with Gasteiger partial charge < -0.3 is 24.1 Å². The van der Waals surface area contributed by atoms with E-state index in [4.69, 9.17) is 14.2 Å². The summed E-state index contributed by atoms with van der Waals surface area (Å²) in [6, 6.07) is 19.3. The van der Waals surface area contributed by atoms with Crippen LogP contribution < -0.4 is 19.5 Å². The third kappa shape index (κ3) is 5.38. The molecule has 1 N–H and O–H groups in total. The Hall–Kier alpha value is -3.72. The second-order valence-corrected chi connectivity index (χ2v) is 8.10. The van der Waals surface area contributed by atoms with Crippen molar-refractivity contribution in [2.75, 3.05) is 25.3 Å². The Morgan fingerprint density at radius 1 is 0.970 bits per heavy atom. The van der Waals surface area contributed by atoms with Crippen molar-refractivity contribution < 1.29 is 19.0 Å². The molecule has 3 aromatic carbocycles. The maximum atomic E-state index is 12.4. The summed E-state index contributed by atoms with van der Waals surface area (Å²) in [5.74, 6) is 2.60. The van der Waals surface area contributed by atoms with Gasteiger partial charge in [0.25, 0.3) is 0 Å². The lowest BCUT2D eigenvalue weighted by Crippen LogP contribution is -2.15. The predicted octanol–water partition coefficient (Wildman–Crippen LogP) is 4.30. The van der Waals surface area contributed by atoms with Gasteiger partial charge in [0.05, 0.1) is 25.7 Å². The highest BCUT2D eigenvalue weighted by atomic mass is 32.2. The first-order valence-electron chi connectivity index (χ1n) is 10.2. The van der Waals surface area contributed by atoms with Gasteiger partial charge in [0, 0.05) is 13.1 Å². The molecule has 170 valence electrons. The molecule has 0 atom stereocenters. The maximum absolute atomic E-state index is 12.4. The van der Waals surface area contributed by atoms with Crippen LogP contribution in [0.15, 0.2) is 65.8 Å². The van der Waals surface area contributed by atoms with Gasteiger partial charge in [-0.1, -0.05) is 42.1 Å². The molecule has 4 aromatic rings. The Morgan fingerprint density at radius 2 is 1.76 bits per heavy atom. The summed E-state index contributed by atoms with van der Waals surface area (Å²) >= 11 is 1.30. The van der Waals surface area contributed by atoms with Gasteiger partial charge in [0.15, 0.2) is 11.0 Å². The van der Waals surface area contributed by atoms with E-state index in [1.54, 1.807) is 32.4 Å². The summed E-state index contributed by atoms with van der Waals surface area (Å²) in [7, 11) is 4.97. The molecule has 0 aliphatic rings. The first-order chi connectivity index (χ1) is 16.1. The minimum Gasteiger partial charge on any atom is -0.497 e. The highest BCUT2D eigenvalue weighted by Gasteiger charge is 2.14. The van der Waals surface area contributed by atoms with E-state index in [9.17, 15) is 4.79 Å². The number of benzene rings is 3. The van der Waals surface area contributed by atoms with E-state index in [1.165, 1.54) is 11.8 Å². The van der Waals surface area contributed by atoms with Gasteiger partial charge in [0.2, 0.25) is 5.91 Å². The second-order valence-electron chi connectivity index (χ2n) is 7.16. The molecule has 8 nitrogen and oxygen atoms in total. The van der Waals surface area contributed by atoms with E-state index < -0.39 is 0 Å². The molecule has 0 aliphatic carbocycles. The second kappa shape index (κ2) is 10.3. The first kappa shape index (κ1) is 22.5. The van der Waals surface area contributed by atoms with Crippen molar-refractivity contribution >= 4 is 34.1 Å². The lowest BCUT2D eigenvalue weighted by molar-refractivity contribution is -0.113. The molecule has 0 saturated heterocycles. The van der Waals surface area contributed by atoms with Crippen LogP contribution >= 0.6 is 11.8 Å². The minimum absolute atomic E-state index is 0.173. The fourth-order valence-corrected chi connectivity index (χ4v) is 3.95. The summed E-state index contributed by atoms with van der Waals surface area (Å²) in [5.41, 5.74) is 0.575. The monoisotopic (exact) mass is 464 g/mol. The molecule has 9 heteroatoms. The van der Waals surface area contributed by atoms with Gasteiger partial charge in [-0.2, -0.15) is 0 Å². The minimum atomic E-state index is -0.180. The van der Waals surface area contributed by atoms with Crippen LogP contribution in [-0.4, -0.2) is 40.6 Å². The Morgan fingerprint density at radius 3 is 2.55 bits per heavy atom. The summed E-state index contributed by atoms with van der Waals surface area (Å²) < 4.78 is 18.2. The molecule has 1 amide bonds. The number of aromatic nitrogens is 3. The van der Waals surface area contributed by atoms with Crippen LogP contribution in [0, 0.1) is 0 Å². The van der Waals surface area contributed by atoms with Crippen LogP contribution in [0.4, 0.5) is 5.69 Å². The van der Waals surface area contributed by atoms with Crippen molar-refractivity contribution in [2.24, 2.45) is 7.05 Å². The highest BCUT2D eigenvalue weighted by Crippen LogP contribution is 2.29. The molecule has 0 unspecified atom stereocenters. The molecule has 0 saturated carbocycles. The van der Waals surface area contributed by atoms with Gasteiger partial charge in [-0.3, -0.25) is 4.79 Å². The summed E-state index contributed by atoms with van der Waals surface area (Å²) in [5, 5.41) is 14.1. The predicted molar refractivity (Wildman–Crippen MR) is 128 cm³/mol. The number of rotatable bonds is 9. The van der Waals surface area contributed by atoms with Crippen LogP contribution in [0.1, 0.15) is 5.82 Å². The molecule has 1 heterocycles. The number of carbonyl (C=O) groups excluding carboxylic acids is 1. The van der Waals surface area contributed by atoms with Crippen LogP contribution in [-0.2, 0) is 18.4 Å². The molecule has 0 radical (unpaired) electrons. The van der Waals surface area contributed by atoms with Gasteiger partial charge in [-0.15, -0.1) is 10.2 Å². The van der Waals surface area contributed by atoms with Crippen molar-refractivity contribution in [2.45, 2.75) is 11.8 Å². The van der Waals surface area contributed by atoms with E-state index in [0.29, 0.717) is 28.2 Å². The van der Waals surface area contributed by atoms with Crippen LogP contribution in [0.2, 0.25) is 0 Å². The third-order valence-corrected chi connectivity index (χ3v) is 6.05. The molecule has 0 aliphatic heterocycles. The summed E-state index contributed by atoms with van der Waals surface area (Å²) in [6.45, 7) is 0.275. The number of thioether (sulfide) groups is 1. The number of fused-ring (bicyclic) bond motifs is 1. The smallest absolute Gasteiger partial charge is 0.234 e. The number of nitrogens with zero attached hydrogens (tertiary/aromatic N) is 3. The number of hydrogen-bond acceptors (Lipinski definition) is 7. The van der Waals surface area contributed by atoms with E-state index in [1.807, 2.05) is 48.0 Å². The van der Waals surface area contributed by atoms with Gasteiger partial charge in [-0.05, 0) is 35.0 Å². The molecule has 0 bridgehead atoms. The van der Waals surface area contributed by atoms with E-state index in [-0.39, 0.29) is 18.3 Å². The molecule has 1 aromatic heterocycles. The molecular weight excluding hydrogens is 440 g/mol. The number of carbonyl (C=O) groups is 1. The van der Waals surface area contributed by atoms with E-state index in [2.05, 4.69) is 21.6 Å². The van der Waals surface area contributed by atoms with Gasteiger partial charge in [0.1, 0.15) is 23.9 Å². The van der Waals surface area contributed by atoms with Crippen LogP contribution in [0.25, 0.3) is 10.8 Å². The highest BCUT2D eigenvalue weighted by molar-refractivity contribution is 7.99. The Balaban J connectivity index is 1.33. The van der Waals surface area contributed by atoms with E-state index >= 15 is 0 Å². The SMILES string of the molecule is COc1ccc(NC(=O)CSc2nnc(COc3ccc4ccccc4c3)n2C)c(OC)c1. The Kier molecular flexibility index (Phi) is 6.99. The fourth-order valence-electron chi connectivity index (χ4n) is 3.22. The van der Waals surface area contributed by atoms with Crippen LogP contribution in [0.3, 0.4) is 0 Å². The number of methoxy groups -OCH3 is 2. The van der Waals surface area contributed by atoms with Gasteiger partial charge in [-0.25, -0.2) is 0 Å². The molecule has 0 fully saturated rings. The lowest BCUT2D eigenvalue weighted by atomic mass is 10.1. The largest absolute Gasteiger partial charge is 0.497 e. The van der Waals surface area contributed by atoms with Crippen LogP contribution in [0.5, 0.6) is 17.2 Å². The first-order valence-corrected chi connectivity index (χ1v) is 11.2. The molecular formula is C24H24N4O4S. The lowest BCUT2D eigenvalue weighted by Gasteiger charge is -2.11. The van der Waals surface area contributed by atoms with Crippen molar-refractivity contribution in [3.05, 3.63) is 66.5 Å². The number of nitrogens with one attached hydrogen (secondary N) is 1. The molecule has 4 rings (SSSR count). The number of amides is 1. The zero-order chi connectivity index (χ0) is 23.2. The van der Waals surface area contributed by atoms with Crippen molar-refractivity contribution in [3.63, 3.8) is 0 Å².